The minimum Gasteiger partial charge on any atom is -0.459 e. The molecule has 27 heavy (non-hydrogen) atoms. The number of carbonyl (C=O) groups is 3. The zero-order chi connectivity index (χ0) is 19.2. The van der Waals surface area contributed by atoms with Crippen LogP contribution in [0.1, 0.15) is 28.1 Å². The highest BCUT2D eigenvalue weighted by molar-refractivity contribution is 5.97. The number of hydrogen-bond donors (Lipinski definition) is 1. The normalized spacial score (nSPS) is 14.1. The Bertz CT molecular complexity index is 791. The van der Waals surface area contributed by atoms with Gasteiger partial charge in [-0.25, -0.2) is 0 Å². The van der Waals surface area contributed by atoms with Crippen LogP contribution in [0.3, 0.4) is 0 Å². The molecule has 1 aromatic heterocycles. The summed E-state index contributed by atoms with van der Waals surface area (Å²) in [6.07, 6.45) is 1.28. The SMILES string of the molecule is Cc1ccc(CNC(=O)CC(=O)N2CCN(C(=O)c3ccco3)CC2)cc1. The largest absolute Gasteiger partial charge is 0.459 e. The molecule has 7 nitrogen and oxygen atoms in total. The van der Waals surface area contributed by atoms with E-state index in [1.807, 2.05) is 31.2 Å². The van der Waals surface area contributed by atoms with Crippen molar-refractivity contribution < 1.29 is 18.8 Å². The van der Waals surface area contributed by atoms with Crippen LogP contribution in [0.15, 0.2) is 47.1 Å². The maximum atomic E-state index is 12.3. The van der Waals surface area contributed by atoms with Crippen LogP contribution in [0.5, 0.6) is 0 Å². The van der Waals surface area contributed by atoms with E-state index in [1.165, 1.54) is 6.26 Å². The Kier molecular flexibility index (Phi) is 5.90. The predicted molar refractivity (Wildman–Crippen MR) is 98.8 cm³/mol. The summed E-state index contributed by atoms with van der Waals surface area (Å²) in [7, 11) is 0. The molecular weight excluding hydrogens is 346 g/mol. The van der Waals surface area contributed by atoms with Crippen LogP contribution in [0.4, 0.5) is 0 Å². The predicted octanol–water partition coefficient (Wildman–Crippen LogP) is 1.58. The van der Waals surface area contributed by atoms with Crippen molar-refractivity contribution in [2.24, 2.45) is 0 Å². The molecule has 0 spiro atoms. The molecule has 0 atom stereocenters. The lowest BCUT2D eigenvalue weighted by atomic mass is 10.1. The van der Waals surface area contributed by atoms with Gasteiger partial charge < -0.3 is 19.5 Å². The van der Waals surface area contributed by atoms with Gasteiger partial charge in [-0.2, -0.15) is 0 Å². The van der Waals surface area contributed by atoms with Crippen LogP contribution in [0, 0.1) is 6.92 Å². The van der Waals surface area contributed by atoms with Crippen LogP contribution in [0.25, 0.3) is 0 Å². The van der Waals surface area contributed by atoms with Gasteiger partial charge in [0.05, 0.1) is 6.26 Å². The average molecular weight is 369 g/mol. The Morgan fingerprint density at radius 1 is 1.00 bits per heavy atom. The molecule has 2 heterocycles. The summed E-state index contributed by atoms with van der Waals surface area (Å²) in [5, 5.41) is 2.77. The Morgan fingerprint density at radius 2 is 1.67 bits per heavy atom. The molecular formula is C20H23N3O4. The molecule has 142 valence electrons. The molecule has 0 bridgehead atoms. The zero-order valence-corrected chi connectivity index (χ0v) is 15.3. The average Bonchev–Trinajstić information content (AvgIpc) is 3.22. The number of aryl methyl sites for hydroxylation is 1. The lowest BCUT2D eigenvalue weighted by molar-refractivity contribution is -0.137. The van der Waals surface area contributed by atoms with E-state index in [9.17, 15) is 14.4 Å². The molecule has 3 amide bonds. The smallest absolute Gasteiger partial charge is 0.289 e. The Morgan fingerprint density at radius 3 is 2.30 bits per heavy atom. The van der Waals surface area contributed by atoms with Crippen molar-refractivity contribution in [2.45, 2.75) is 19.9 Å². The second kappa shape index (κ2) is 8.53. The molecule has 0 radical (unpaired) electrons. The van der Waals surface area contributed by atoms with Gasteiger partial charge >= 0.3 is 0 Å². The number of amides is 3. The van der Waals surface area contributed by atoms with Crippen molar-refractivity contribution in [3.63, 3.8) is 0 Å². The highest BCUT2D eigenvalue weighted by atomic mass is 16.3. The van der Waals surface area contributed by atoms with Crippen LogP contribution in [-0.2, 0) is 16.1 Å². The van der Waals surface area contributed by atoms with Crippen molar-refractivity contribution in [3.05, 3.63) is 59.5 Å². The number of piperazine rings is 1. The fourth-order valence-electron chi connectivity index (χ4n) is 2.93. The van der Waals surface area contributed by atoms with Gasteiger partial charge in [0.1, 0.15) is 6.42 Å². The van der Waals surface area contributed by atoms with Gasteiger partial charge in [0.25, 0.3) is 5.91 Å². The van der Waals surface area contributed by atoms with Gasteiger partial charge in [-0.3, -0.25) is 14.4 Å². The first-order chi connectivity index (χ1) is 13.0. The number of furan rings is 1. The summed E-state index contributed by atoms with van der Waals surface area (Å²) in [6.45, 7) is 4.08. The molecule has 0 unspecified atom stereocenters. The van der Waals surface area contributed by atoms with E-state index < -0.39 is 0 Å². The molecule has 1 aliphatic heterocycles. The number of hydrogen-bond acceptors (Lipinski definition) is 4. The van der Waals surface area contributed by atoms with E-state index in [0.29, 0.717) is 38.5 Å². The lowest BCUT2D eigenvalue weighted by Gasteiger charge is -2.34. The molecule has 1 aliphatic rings. The molecule has 2 aromatic rings. The Labute approximate surface area is 157 Å². The van der Waals surface area contributed by atoms with E-state index in [2.05, 4.69) is 5.32 Å². The van der Waals surface area contributed by atoms with Crippen LogP contribution < -0.4 is 5.32 Å². The van der Waals surface area contributed by atoms with Crippen molar-refractivity contribution >= 4 is 17.7 Å². The molecule has 1 aromatic carbocycles. The van der Waals surface area contributed by atoms with Gasteiger partial charge in [-0.05, 0) is 24.6 Å². The summed E-state index contributed by atoms with van der Waals surface area (Å²) >= 11 is 0. The molecule has 1 N–H and O–H groups in total. The topological polar surface area (TPSA) is 82.9 Å². The zero-order valence-electron chi connectivity index (χ0n) is 15.3. The second-order valence-corrected chi connectivity index (χ2v) is 6.59. The quantitative estimate of drug-likeness (QED) is 0.811. The summed E-state index contributed by atoms with van der Waals surface area (Å²) in [5.41, 5.74) is 2.15. The van der Waals surface area contributed by atoms with Gasteiger partial charge in [0.15, 0.2) is 5.76 Å². The van der Waals surface area contributed by atoms with E-state index in [4.69, 9.17) is 4.42 Å². The molecule has 3 rings (SSSR count). The highest BCUT2D eigenvalue weighted by Crippen LogP contribution is 2.10. The first-order valence-electron chi connectivity index (χ1n) is 8.96. The fourth-order valence-corrected chi connectivity index (χ4v) is 2.93. The van der Waals surface area contributed by atoms with Crippen molar-refractivity contribution in [3.8, 4) is 0 Å². The second-order valence-electron chi connectivity index (χ2n) is 6.59. The van der Waals surface area contributed by atoms with Crippen LogP contribution in [-0.4, -0.2) is 53.7 Å². The molecule has 0 aliphatic carbocycles. The minimum atomic E-state index is -0.297. The Balaban J connectivity index is 1.41. The van der Waals surface area contributed by atoms with E-state index in [1.54, 1.807) is 21.9 Å². The monoisotopic (exact) mass is 369 g/mol. The number of nitrogens with one attached hydrogen (secondary N) is 1. The van der Waals surface area contributed by atoms with Gasteiger partial charge in [-0.15, -0.1) is 0 Å². The number of nitrogens with zero attached hydrogens (tertiary/aromatic N) is 2. The van der Waals surface area contributed by atoms with Crippen molar-refractivity contribution in [2.75, 3.05) is 26.2 Å². The van der Waals surface area contributed by atoms with E-state index in [0.717, 1.165) is 11.1 Å². The first-order valence-corrected chi connectivity index (χ1v) is 8.96. The van der Waals surface area contributed by atoms with Crippen LogP contribution in [0.2, 0.25) is 0 Å². The van der Waals surface area contributed by atoms with Gasteiger partial charge in [-0.1, -0.05) is 29.8 Å². The minimum absolute atomic E-state index is 0.178. The number of carbonyl (C=O) groups excluding carboxylic acids is 3. The van der Waals surface area contributed by atoms with Gasteiger partial charge in [0, 0.05) is 32.7 Å². The van der Waals surface area contributed by atoms with Crippen LogP contribution >= 0.6 is 0 Å². The molecule has 0 saturated carbocycles. The fraction of sp³-hybridized carbons (Fsp3) is 0.350. The van der Waals surface area contributed by atoms with Gasteiger partial charge in [0.2, 0.25) is 11.8 Å². The third-order valence-electron chi connectivity index (χ3n) is 4.57. The highest BCUT2D eigenvalue weighted by Gasteiger charge is 2.26. The molecule has 1 saturated heterocycles. The maximum absolute atomic E-state index is 12.3. The maximum Gasteiger partial charge on any atom is 0.289 e. The Hall–Kier alpha value is -3.09. The molecule has 7 heteroatoms. The lowest BCUT2D eigenvalue weighted by Crippen LogP contribution is -2.51. The molecule has 1 fully saturated rings. The number of rotatable bonds is 5. The summed E-state index contributed by atoms with van der Waals surface area (Å²) < 4.78 is 5.12. The summed E-state index contributed by atoms with van der Waals surface area (Å²) in [5.74, 6) is -0.399. The first kappa shape index (κ1) is 18.7. The summed E-state index contributed by atoms with van der Waals surface area (Å²) in [6, 6.07) is 11.2. The standard InChI is InChI=1S/C20H23N3O4/c1-15-4-6-16(7-5-15)14-21-18(24)13-19(25)22-8-10-23(11-9-22)20(26)17-3-2-12-27-17/h2-7,12H,8-11,13-14H2,1H3,(H,21,24). The third kappa shape index (κ3) is 4.97. The number of benzene rings is 1. The van der Waals surface area contributed by atoms with E-state index >= 15 is 0 Å². The van der Waals surface area contributed by atoms with Crippen molar-refractivity contribution in [1.82, 2.24) is 15.1 Å². The van der Waals surface area contributed by atoms with E-state index in [-0.39, 0.29) is 24.1 Å². The summed E-state index contributed by atoms with van der Waals surface area (Å²) in [4.78, 5) is 39.8. The third-order valence-corrected chi connectivity index (χ3v) is 4.57. The van der Waals surface area contributed by atoms with Crippen molar-refractivity contribution in [1.29, 1.82) is 0 Å².